The Balaban J connectivity index is 1.66. The quantitative estimate of drug-likeness (QED) is 0.880. The summed E-state index contributed by atoms with van der Waals surface area (Å²) in [6.07, 6.45) is 6.25. The fourth-order valence-electron chi connectivity index (χ4n) is 3.05. The Morgan fingerprint density at radius 2 is 1.91 bits per heavy atom. The zero-order chi connectivity index (χ0) is 16.1. The van der Waals surface area contributed by atoms with Gasteiger partial charge < -0.3 is 10.6 Å². The van der Waals surface area contributed by atoms with Gasteiger partial charge in [0.05, 0.1) is 0 Å². The number of aromatic nitrogens is 1. The molecule has 1 unspecified atom stereocenters. The summed E-state index contributed by atoms with van der Waals surface area (Å²) >= 11 is 0. The Morgan fingerprint density at radius 1 is 1.17 bits per heavy atom. The third-order valence-electron chi connectivity index (χ3n) is 4.37. The van der Waals surface area contributed by atoms with E-state index < -0.39 is 0 Å². The van der Waals surface area contributed by atoms with Crippen LogP contribution in [0.2, 0.25) is 0 Å². The molecular weight excluding hydrogens is 286 g/mol. The van der Waals surface area contributed by atoms with Gasteiger partial charge in [-0.1, -0.05) is 43.2 Å². The second-order valence-corrected chi connectivity index (χ2v) is 6.16. The standard InChI is InChI=1S/C19H23N3O/c1-14(15-7-3-2-4-8-15)21-17-11-12-20-18(13-17)19(23)22-16-9-5-6-10-16/h2-4,7-8,11-14,16H,5-6,9-10H2,1H3,(H,20,21)(H,22,23). The summed E-state index contributed by atoms with van der Waals surface area (Å²) in [6, 6.07) is 14.4. The monoisotopic (exact) mass is 309 g/mol. The van der Waals surface area contributed by atoms with Gasteiger partial charge >= 0.3 is 0 Å². The van der Waals surface area contributed by atoms with Crippen molar-refractivity contribution in [2.75, 3.05) is 5.32 Å². The van der Waals surface area contributed by atoms with Crippen LogP contribution < -0.4 is 10.6 Å². The highest BCUT2D eigenvalue weighted by Crippen LogP contribution is 2.20. The van der Waals surface area contributed by atoms with Crippen molar-refractivity contribution >= 4 is 11.6 Å². The van der Waals surface area contributed by atoms with Crippen LogP contribution in [0, 0.1) is 0 Å². The molecule has 0 spiro atoms. The smallest absolute Gasteiger partial charge is 0.270 e. The van der Waals surface area contributed by atoms with Gasteiger partial charge in [-0.05, 0) is 37.5 Å². The summed E-state index contributed by atoms with van der Waals surface area (Å²) in [7, 11) is 0. The van der Waals surface area contributed by atoms with Crippen molar-refractivity contribution < 1.29 is 4.79 Å². The summed E-state index contributed by atoms with van der Waals surface area (Å²) in [5.74, 6) is -0.0760. The van der Waals surface area contributed by atoms with E-state index in [1.807, 2.05) is 30.3 Å². The number of rotatable bonds is 5. The molecule has 1 aliphatic carbocycles. The SMILES string of the molecule is CC(Nc1ccnc(C(=O)NC2CCCC2)c1)c1ccccc1. The average Bonchev–Trinajstić information content (AvgIpc) is 3.09. The van der Waals surface area contributed by atoms with E-state index in [2.05, 4.69) is 34.7 Å². The van der Waals surface area contributed by atoms with Gasteiger partial charge in [-0.25, -0.2) is 0 Å². The third kappa shape index (κ3) is 4.09. The van der Waals surface area contributed by atoms with Gasteiger partial charge in [0.2, 0.25) is 0 Å². The van der Waals surface area contributed by atoms with Crippen molar-refractivity contribution in [3.63, 3.8) is 0 Å². The second kappa shape index (κ2) is 7.27. The van der Waals surface area contributed by atoms with Crippen LogP contribution >= 0.6 is 0 Å². The Bertz CT molecular complexity index is 651. The van der Waals surface area contributed by atoms with Crippen molar-refractivity contribution in [2.45, 2.75) is 44.7 Å². The zero-order valence-electron chi connectivity index (χ0n) is 13.5. The predicted octanol–water partition coefficient (Wildman–Crippen LogP) is 3.93. The molecule has 1 fully saturated rings. The Hall–Kier alpha value is -2.36. The second-order valence-electron chi connectivity index (χ2n) is 6.16. The average molecular weight is 309 g/mol. The van der Waals surface area contributed by atoms with Crippen LogP contribution in [-0.2, 0) is 0 Å². The topological polar surface area (TPSA) is 54.0 Å². The number of anilines is 1. The number of benzene rings is 1. The van der Waals surface area contributed by atoms with E-state index in [0.29, 0.717) is 11.7 Å². The van der Waals surface area contributed by atoms with E-state index in [-0.39, 0.29) is 11.9 Å². The first-order valence-corrected chi connectivity index (χ1v) is 8.31. The lowest BCUT2D eigenvalue weighted by molar-refractivity contribution is 0.0933. The number of pyridine rings is 1. The van der Waals surface area contributed by atoms with Crippen LogP contribution in [0.1, 0.15) is 54.7 Å². The van der Waals surface area contributed by atoms with Gasteiger partial charge in [-0.3, -0.25) is 9.78 Å². The minimum absolute atomic E-state index is 0.0760. The molecule has 1 aliphatic rings. The van der Waals surface area contributed by atoms with Gasteiger partial charge in [0, 0.05) is 24.0 Å². The largest absolute Gasteiger partial charge is 0.378 e. The van der Waals surface area contributed by atoms with Crippen LogP contribution in [0.3, 0.4) is 0 Å². The fraction of sp³-hybridized carbons (Fsp3) is 0.368. The van der Waals surface area contributed by atoms with E-state index in [9.17, 15) is 4.79 Å². The number of nitrogens with one attached hydrogen (secondary N) is 2. The van der Waals surface area contributed by atoms with Crippen molar-refractivity contribution in [1.82, 2.24) is 10.3 Å². The molecule has 0 radical (unpaired) electrons. The maximum atomic E-state index is 12.3. The highest BCUT2D eigenvalue weighted by Gasteiger charge is 2.18. The highest BCUT2D eigenvalue weighted by atomic mass is 16.1. The molecule has 1 aromatic carbocycles. The number of carbonyl (C=O) groups excluding carboxylic acids is 1. The van der Waals surface area contributed by atoms with Crippen LogP contribution in [0.25, 0.3) is 0 Å². The molecule has 2 N–H and O–H groups in total. The molecule has 1 aromatic heterocycles. The highest BCUT2D eigenvalue weighted by molar-refractivity contribution is 5.93. The third-order valence-corrected chi connectivity index (χ3v) is 4.37. The number of amides is 1. The molecule has 0 aliphatic heterocycles. The Kier molecular flexibility index (Phi) is 4.91. The molecule has 23 heavy (non-hydrogen) atoms. The normalized spacial score (nSPS) is 16.0. The van der Waals surface area contributed by atoms with Crippen LogP contribution in [0.15, 0.2) is 48.7 Å². The molecule has 4 nitrogen and oxygen atoms in total. The summed E-state index contributed by atoms with van der Waals surface area (Å²) in [5, 5.41) is 6.51. The van der Waals surface area contributed by atoms with Crippen molar-refractivity contribution in [1.29, 1.82) is 0 Å². The molecule has 0 bridgehead atoms. The van der Waals surface area contributed by atoms with Gasteiger partial charge in [-0.2, -0.15) is 0 Å². The molecule has 2 aromatic rings. The lowest BCUT2D eigenvalue weighted by atomic mass is 10.1. The van der Waals surface area contributed by atoms with Gasteiger partial charge in [-0.15, -0.1) is 0 Å². The molecule has 1 heterocycles. The zero-order valence-corrected chi connectivity index (χ0v) is 13.5. The van der Waals surface area contributed by atoms with Crippen LogP contribution in [-0.4, -0.2) is 16.9 Å². The first kappa shape index (κ1) is 15.5. The summed E-state index contributed by atoms with van der Waals surface area (Å²) < 4.78 is 0. The van der Waals surface area contributed by atoms with E-state index in [1.54, 1.807) is 6.20 Å². The summed E-state index contributed by atoms with van der Waals surface area (Å²) in [5.41, 5.74) is 2.59. The minimum atomic E-state index is -0.0760. The van der Waals surface area contributed by atoms with Gasteiger partial charge in [0.25, 0.3) is 5.91 Å². The van der Waals surface area contributed by atoms with Crippen LogP contribution in [0.4, 0.5) is 5.69 Å². The maximum Gasteiger partial charge on any atom is 0.270 e. The fourth-order valence-corrected chi connectivity index (χ4v) is 3.05. The summed E-state index contributed by atoms with van der Waals surface area (Å²) in [4.78, 5) is 16.5. The first-order valence-electron chi connectivity index (χ1n) is 8.31. The molecule has 1 amide bonds. The molecule has 0 saturated heterocycles. The first-order chi connectivity index (χ1) is 11.2. The van der Waals surface area contributed by atoms with Crippen LogP contribution in [0.5, 0.6) is 0 Å². The molecular formula is C19H23N3O. The molecule has 3 rings (SSSR count). The molecule has 120 valence electrons. The predicted molar refractivity (Wildman–Crippen MR) is 92.4 cm³/mol. The Morgan fingerprint density at radius 3 is 2.65 bits per heavy atom. The molecule has 4 heteroatoms. The van der Waals surface area contributed by atoms with E-state index >= 15 is 0 Å². The number of hydrogen-bond acceptors (Lipinski definition) is 3. The van der Waals surface area contributed by atoms with Crippen molar-refractivity contribution in [2.24, 2.45) is 0 Å². The summed E-state index contributed by atoms with van der Waals surface area (Å²) in [6.45, 7) is 2.11. The van der Waals surface area contributed by atoms with Crippen molar-refractivity contribution in [3.05, 3.63) is 59.9 Å². The molecule has 1 atom stereocenters. The van der Waals surface area contributed by atoms with Crippen molar-refractivity contribution in [3.8, 4) is 0 Å². The lowest BCUT2D eigenvalue weighted by Crippen LogP contribution is -2.33. The maximum absolute atomic E-state index is 12.3. The minimum Gasteiger partial charge on any atom is -0.378 e. The van der Waals surface area contributed by atoms with E-state index in [0.717, 1.165) is 18.5 Å². The van der Waals surface area contributed by atoms with Gasteiger partial charge in [0.15, 0.2) is 0 Å². The van der Waals surface area contributed by atoms with E-state index in [1.165, 1.54) is 18.4 Å². The number of hydrogen-bond donors (Lipinski definition) is 2. The van der Waals surface area contributed by atoms with E-state index in [4.69, 9.17) is 0 Å². The Labute approximate surface area is 137 Å². The van der Waals surface area contributed by atoms with Gasteiger partial charge in [0.1, 0.15) is 5.69 Å². The number of carbonyl (C=O) groups is 1. The molecule has 1 saturated carbocycles. The number of nitrogens with zero attached hydrogens (tertiary/aromatic N) is 1. The lowest BCUT2D eigenvalue weighted by Gasteiger charge is -2.16.